The van der Waals surface area contributed by atoms with Crippen LogP contribution in [0, 0.1) is 5.92 Å². The van der Waals surface area contributed by atoms with Gasteiger partial charge in [0, 0.05) is 25.5 Å². The summed E-state index contributed by atoms with van der Waals surface area (Å²) in [5, 5.41) is 0.176. The topological polar surface area (TPSA) is 84.4 Å². The molecule has 2 fully saturated rings. The largest absolute Gasteiger partial charge is 0.300 e. The van der Waals surface area contributed by atoms with Crippen molar-refractivity contribution in [3.8, 4) is 0 Å². The van der Waals surface area contributed by atoms with Crippen LogP contribution in [0.5, 0.6) is 0 Å². The summed E-state index contributed by atoms with van der Waals surface area (Å²) < 4.78 is 24.9. The number of Topliss-reactive ketones (excluding diaryl/α,β-unsaturated/α-hetero) is 1. The maximum absolute atomic E-state index is 13.1. The highest BCUT2D eigenvalue weighted by molar-refractivity contribution is 7.92. The van der Waals surface area contributed by atoms with E-state index in [1.54, 1.807) is 36.4 Å². The molecule has 2 aromatic rings. The quantitative estimate of drug-likeness (QED) is 0.625. The highest BCUT2D eigenvalue weighted by Crippen LogP contribution is 2.35. The normalized spacial score (nSPS) is 19.1. The molecule has 2 aliphatic carbocycles. The van der Waals surface area contributed by atoms with Gasteiger partial charge in [0.25, 0.3) is 0 Å². The fourth-order valence-electron chi connectivity index (χ4n) is 3.84. The maximum Gasteiger partial charge on any atom is 0.232 e. The minimum Gasteiger partial charge on any atom is -0.300 e. The van der Waals surface area contributed by atoms with E-state index in [-0.39, 0.29) is 34.2 Å². The van der Waals surface area contributed by atoms with Crippen molar-refractivity contribution in [2.24, 2.45) is 5.92 Å². The Balaban J connectivity index is 1.57. The number of anilines is 2. The van der Waals surface area contributed by atoms with E-state index in [1.807, 2.05) is 0 Å². The van der Waals surface area contributed by atoms with Crippen LogP contribution >= 0.6 is 11.6 Å². The van der Waals surface area contributed by atoms with Crippen LogP contribution < -0.4 is 4.90 Å². The van der Waals surface area contributed by atoms with Gasteiger partial charge in [0.1, 0.15) is 11.6 Å². The summed E-state index contributed by atoms with van der Waals surface area (Å²) in [4.78, 5) is 30.7. The number of hydrogen-bond acceptors (Lipinski definition) is 5. The molecule has 30 heavy (non-hydrogen) atoms. The minimum atomic E-state index is -3.29. The molecule has 8 heteroatoms. The Morgan fingerprint density at radius 3 is 2.40 bits per heavy atom. The first-order valence-electron chi connectivity index (χ1n) is 10.1. The zero-order valence-electron chi connectivity index (χ0n) is 16.5. The number of aromatic nitrogens is 1. The first kappa shape index (κ1) is 21.0. The van der Waals surface area contributed by atoms with Crippen molar-refractivity contribution in [1.29, 1.82) is 0 Å². The predicted octanol–water partition coefficient (Wildman–Crippen LogP) is 4.49. The summed E-state index contributed by atoms with van der Waals surface area (Å²) in [5.74, 6) is 0.773. The lowest BCUT2D eigenvalue weighted by molar-refractivity contribution is -0.119. The zero-order valence-corrected chi connectivity index (χ0v) is 18.0. The first-order valence-corrected chi connectivity index (χ1v) is 12.1. The van der Waals surface area contributed by atoms with E-state index in [2.05, 4.69) is 4.98 Å². The third kappa shape index (κ3) is 4.57. The molecule has 158 valence electrons. The van der Waals surface area contributed by atoms with Gasteiger partial charge in [-0.1, -0.05) is 11.6 Å². The Morgan fingerprint density at radius 2 is 1.83 bits per heavy atom. The Bertz CT molecular complexity index is 1050. The average molecular weight is 447 g/mol. The van der Waals surface area contributed by atoms with E-state index in [4.69, 9.17) is 11.6 Å². The lowest BCUT2D eigenvalue weighted by Crippen LogP contribution is -2.27. The van der Waals surface area contributed by atoms with Gasteiger partial charge in [0.15, 0.2) is 9.84 Å². The number of amides is 1. The lowest BCUT2D eigenvalue weighted by Gasteiger charge is -2.23. The molecule has 0 bridgehead atoms. The molecule has 2 saturated carbocycles. The fraction of sp³-hybridized carbons (Fsp3) is 0.409. The van der Waals surface area contributed by atoms with Crippen LogP contribution in [0.1, 0.15) is 44.9 Å². The van der Waals surface area contributed by atoms with E-state index in [1.165, 1.54) is 11.1 Å². The van der Waals surface area contributed by atoms with Crippen molar-refractivity contribution < 1.29 is 18.0 Å². The molecule has 1 aromatic heterocycles. The molecule has 1 amide bonds. The highest BCUT2D eigenvalue weighted by Gasteiger charge is 2.37. The molecule has 0 radical (unpaired) electrons. The number of sulfone groups is 1. The number of benzene rings is 1. The summed E-state index contributed by atoms with van der Waals surface area (Å²) in [7, 11) is -3.29. The van der Waals surface area contributed by atoms with Gasteiger partial charge < -0.3 is 0 Å². The predicted molar refractivity (Wildman–Crippen MR) is 115 cm³/mol. The molecule has 0 spiro atoms. The lowest BCUT2D eigenvalue weighted by atomic mass is 10.0. The van der Waals surface area contributed by atoms with Crippen molar-refractivity contribution in [2.75, 3.05) is 4.90 Å². The molecule has 4 rings (SSSR count). The van der Waals surface area contributed by atoms with E-state index < -0.39 is 9.84 Å². The van der Waals surface area contributed by atoms with Crippen LogP contribution in [0.3, 0.4) is 0 Å². The van der Waals surface area contributed by atoms with Gasteiger partial charge in [-0.2, -0.15) is 0 Å². The molecule has 1 heterocycles. The van der Waals surface area contributed by atoms with Crippen molar-refractivity contribution >= 4 is 44.6 Å². The standard InChI is InChI=1S/C22H23ClN2O4S/c23-16-3-11-21(24-14-16)25(22(27)12-2-15-1-6-18(26)13-15)17-4-7-19(8-5-17)30(28,29)20-9-10-20/h3-5,7-8,11,14-15,20H,1-2,6,9-10,12-13H2. The highest BCUT2D eigenvalue weighted by atomic mass is 35.5. The average Bonchev–Trinajstić information content (AvgIpc) is 3.51. The third-order valence-electron chi connectivity index (χ3n) is 5.69. The number of nitrogens with zero attached hydrogens (tertiary/aromatic N) is 2. The zero-order chi connectivity index (χ0) is 21.3. The molecule has 1 unspecified atom stereocenters. The summed E-state index contributed by atoms with van der Waals surface area (Å²) in [6, 6.07) is 9.70. The van der Waals surface area contributed by atoms with Crippen LogP contribution in [0.15, 0.2) is 47.5 Å². The molecular formula is C22H23ClN2O4S. The van der Waals surface area contributed by atoms with Crippen LogP contribution in [-0.2, 0) is 19.4 Å². The number of pyridine rings is 1. The van der Waals surface area contributed by atoms with E-state index in [9.17, 15) is 18.0 Å². The van der Waals surface area contributed by atoms with Gasteiger partial charge in [-0.3, -0.25) is 14.5 Å². The second kappa shape index (κ2) is 8.47. The van der Waals surface area contributed by atoms with Crippen LogP contribution in [0.2, 0.25) is 5.02 Å². The number of halogens is 1. The molecule has 6 nitrogen and oxygen atoms in total. The van der Waals surface area contributed by atoms with Crippen molar-refractivity contribution in [1.82, 2.24) is 4.98 Å². The second-order valence-electron chi connectivity index (χ2n) is 7.99. The Kier molecular flexibility index (Phi) is 5.93. The molecule has 1 aromatic carbocycles. The summed E-state index contributed by atoms with van der Waals surface area (Å²) >= 11 is 5.94. The van der Waals surface area contributed by atoms with Gasteiger partial charge in [-0.05, 0) is 68.0 Å². The van der Waals surface area contributed by atoms with E-state index in [0.29, 0.717) is 48.6 Å². The van der Waals surface area contributed by atoms with E-state index >= 15 is 0 Å². The number of carbonyl (C=O) groups is 2. The number of hydrogen-bond donors (Lipinski definition) is 0. The van der Waals surface area contributed by atoms with Gasteiger partial charge in [-0.15, -0.1) is 0 Å². The third-order valence-corrected chi connectivity index (χ3v) is 8.19. The van der Waals surface area contributed by atoms with Gasteiger partial charge in [0.2, 0.25) is 5.91 Å². The van der Waals surface area contributed by atoms with Gasteiger partial charge >= 0.3 is 0 Å². The maximum atomic E-state index is 13.1. The second-order valence-corrected chi connectivity index (χ2v) is 10.7. The van der Waals surface area contributed by atoms with Gasteiger partial charge in [-0.25, -0.2) is 13.4 Å². The monoisotopic (exact) mass is 446 g/mol. The van der Waals surface area contributed by atoms with Crippen molar-refractivity contribution in [3.05, 3.63) is 47.6 Å². The molecular weight excluding hydrogens is 424 g/mol. The Hall–Kier alpha value is -2.25. The first-order chi connectivity index (χ1) is 14.3. The van der Waals surface area contributed by atoms with Crippen LogP contribution in [0.25, 0.3) is 0 Å². The summed E-state index contributed by atoms with van der Waals surface area (Å²) in [6.45, 7) is 0. The number of rotatable bonds is 7. The SMILES string of the molecule is O=C1CCC(CCC(=O)N(c2ccc(S(=O)(=O)C3CC3)cc2)c2ccc(Cl)cn2)C1. The van der Waals surface area contributed by atoms with Crippen LogP contribution in [-0.4, -0.2) is 30.3 Å². The molecule has 0 N–H and O–H groups in total. The number of ketones is 1. The van der Waals surface area contributed by atoms with Crippen LogP contribution in [0.4, 0.5) is 11.5 Å². The minimum absolute atomic E-state index is 0.151. The summed E-state index contributed by atoms with van der Waals surface area (Å²) in [6.07, 6.45) is 5.77. The molecule has 1 atom stereocenters. The Labute approximate surface area is 181 Å². The van der Waals surface area contributed by atoms with E-state index in [0.717, 1.165) is 6.42 Å². The smallest absolute Gasteiger partial charge is 0.232 e. The Morgan fingerprint density at radius 1 is 1.10 bits per heavy atom. The van der Waals surface area contributed by atoms with Gasteiger partial charge in [0.05, 0.1) is 20.9 Å². The summed E-state index contributed by atoms with van der Waals surface area (Å²) in [5.41, 5.74) is 0.548. The molecule has 0 saturated heterocycles. The molecule has 0 aliphatic heterocycles. The van der Waals surface area contributed by atoms with Crippen molar-refractivity contribution in [3.63, 3.8) is 0 Å². The number of carbonyl (C=O) groups excluding carboxylic acids is 2. The van der Waals surface area contributed by atoms with Crippen molar-refractivity contribution in [2.45, 2.75) is 55.1 Å². The molecule has 2 aliphatic rings. The fourth-order valence-corrected chi connectivity index (χ4v) is 5.61.